The molecule has 0 radical (unpaired) electrons. The maximum atomic E-state index is 5.97. The second-order valence-electron chi connectivity index (χ2n) is 5.81. The Kier molecular flexibility index (Phi) is 4.09. The molecule has 21 heavy (non-hydrogen) atoms. The number of hydrogen-bond acceptors (Lipinski definition) is 3. The fourth-order valence-electron chi connectivity index (χ4n) is 3.19. The Balaban J connectivity index is 2.15. The molecule has 1 aromatic carbocycles. The minimum Gasteiger partial charge on any atom is -0.497 e. The molecule has 0 N–H and O–H groups in total. The van der Waals surface area contributed by atoms with E-state index in [9.17, 15) is 0 Å². The van der Waals surface area contributed by atoms with Crippen molar-refractivity contribution in [1.29, 1.82) is 0 Å². The summed E-state index contributed by atoms with van der Waals surface area (Å²) in [5.41, 5.74) is 2.04. The Morgan fingerprint density at radius 3 is 3.00 bits per heavy atom. The van der Waals surface area contributed by atoms with Crippen molar-refractivity contribution >= 4 is 22.6 Å². The zero-order valence-corrected chi connectivity index (χ0v) is 13.3. The molecule has 2 aromatic rings. The van der Waals surface area contributed by atoms with Crippen molar-refractivity contribution in [1.82, 2.24) is 9.55 Å². The number of fused-ring (bicyclic) bond motifs is 1. The number of aromatic nitrogens is 2. The number of nitrogens with zero attached hydrogens (tertiary/aromatic N) is 2. The summed E-state index contributed by atoms with van der Waals surface area (Å²) in [7, 11) is 1.67. The van der Waals surface area contributed by atoms with E-state index >= 15 is 0 Å². The van der Waals surface area contributed by atoms with E-state index in [0.717, 1.165) is 55.1 Å². The Labute approximate surface area is 130 Å². The van der Waals surface area contributed by atoms with Crippen LogP contribution in [0.25, 0.3) is 11.0 Å². The third kappa shape index (κ3) is 2.62. The normalized spacial score (nSPS) is 22.6. The number of methoxy groups -OCH3 is 1. The van der Waals surface area contributed by atoms with Crippen LogP contribution < -0.4 is 4.74 Å². The lowest BCUT2D eigenvalue weighted by Crippen LogP contribution is -2.40. The quantitative estimate of drug-likeness (QED) is 0.813. The number of rotatable bonds is 4. The molecule has 1 atom stereocenters. The molecule has 0 bridgehead atoms. The molecule has 1 saturated heterocycles. The lowest BCUT2D eigenvalue weighted by atomic mass is 9.94. The average molecular weight is 309 g/mol. The molecule has 114 valence electrons. The van der Waals surface area contributed by atoms with Gasteiger partial charge < -0.3 is 14.0 Å². The zero-order valence-electron chi connectivity index (χ0n) is 12.6. The summed E-state index contributed by atoms with van der Waals surface area (Å²) in [6.45, 7) is 3.82. The first-order valence-electron chi connectivity index (χ1n) is 7.37. The van der Waals surface area contributed by atoms with Crippen LogP contribution in [0.3, 0.4) is 0 Å². The number of halogens is 1. The van der Waals surface area contributed by atoms with Gasteiger partial charge in [-0.3, -0.25) is 0 Å². The highest BCUT2D eigenvalue weighted by Crippen LogP contribution is 2.33. The Morgan fingerprint density at radius 1 is 1.48 bits per heavy atom. The summed E-state index contributed by atoms with van der Waals surface area (Å²) in [6, 6.07) is 6.05. The first-order chi connectivity index (χ1) is 10.2. The van der Waals surface area contributed by atoms with Gasteiger partial charge in [0.25, 0.3) is 0 Å². The lowest BCUT2D eigenvalue weighted by molar-refractivity contribution is 0.0102. The van der Waals surface area contributed by atoms with Crippen molar-refractivity contribution in [2.24, 2.45) is 0 Å². The summed E-state index contributed by atoms with van der Waals surface area (Å²) in [6.07, 6.45) is 2.93. The van der Waals surface area contributed by atoms with Gasteiger partial charge in [-0.05, 0) is 31.9 Å². The van der Waals surface area contributed by atoms with Gasteiger partial charge in [-0.25, -0.2) is 4.98 Å². The second kappa shape index (κ2) is 5.85. The Bertz CT molecular complexity index is 632. The molecule has 5 heteroatoms. The Hall–Kier alpha value is -1.26. The largest absolute Gasteiger partial charge is 0.497 e. The second-order valence-corrected chi connectivity index (χ2v) is 6.19. The first kappa shape index (κ1) is 14.7. The summed E-state index contributed by atoms with van der Waals surface area (Å²) in [5, 5.41) is 0. The third-order valence-electron chi connectivity index (χ3n) is 4.21. The van der Waals surface area contributed by atoms with Crippen LogP contribution in [0.5, 0.6) is 5.75 Å². The van der Waals surface area contributed by atoms with Gasteiger partial charge >= 0.3 is 0 Å². The predicted molar refractivity (Wildman–Crippen MR) is 84.4 cm³/mol. The van der Waals surface area contributed by atoms with Crippen LogP contribution in [-0.4, -0.2) is 35.8 Å². The van der Waals surface area contributed by atoms with Crippen molar-refractivity contribution in [3.05, 3.63) is 24.0 Å². The molecular formula is C16H21ClN2O2. The maximum absolute atomic E-state index is 5.97. The smallest absolute Gasteiger partial charge is 0.121 e. The standard InChI is InChI=1S/C16H21ClN2O2/c1-16(7-3-9-21-11-16)19-14-5-4-12(20-2)10-13(14)18-15(19)6-8-17/h4-5,10H,3,6-9,11H2,1-2H3. The number of ether oxygens (including phenoxy) is 2. The van der Waals surface area contributed by atoms with Crippen molar-refractivity contribution in [3.8, 4) is 5.75 Å². The summed E-state index contributed by atoms with van der Waals surface area (Å²) in [5.74, 6) is 2.42. The highest BCUT2D eigenvalue weighted by Gasteiger charge is 2.33. The van der Waals surface area contributed by atoms with E-state index in [1.807, 2.05) is 12.1 Å². The van der Waals surface area contributed by atoms with Gasteiger partial charge in [0.05, 0.1) is 30.3 Å². The average Bonchev–Trinajstić information content (AvgIpc) is 2.86. The monoisotopic (exact) mass is 308 g/mol. The van der Waals surface area contributed by atoms with Gasteiger partial charge in [-0.15, -0.1) is 11.6 Å². The van der Waals surface area contributed by atoms with Crippen LogP contribution in [0.1, 0.15) is 25.6 Å². The number of imidazole rings is 1. The number of aryl methyl sites for hydroxylation is 1. The summed E-state index contributed by atoms with van der Waals surface area (Å²) >= 11 is 5.97. The number of alkyl halides is 1. The van der Waals surface area contributed by atoms with Gasteiger partial charge in [-0.2, -0.15) is 0 Å². The van der Waals surface area contributed by atoms with E-state index in [4.69, 9.17) is 26.1 Å². The zero-order chi connectivity index (χ0) is 14.9. The molecule has 1 aliphatic heterocycles. The van der Waals surface area contributed by atoms with E-state index in [-0.39, 0.29) is 5.54 Å². The highest BCUT2D eigenvalue weighted by molar-refractivity contribution is 6.17. The molecular weight excluding hydrogens is 288 g/mol. The summed E-state index contributed by atoms with van der Waals surface area (Å²) in [4.78, 5) is 4.77. The molecule has 3 rings (SSSR count). The SMILES string of the molecule is COc1ccc2c(c1)nc(CCCl)n2C1(C)CCCOC1. The van der Waals surface area contributed by atoms with E-state index < -0.39 is 0 Å². The molecule has 1 aromatic heterocycles. The van der Waals surface area contributed by atoms with E-state index in [1.165, 1.54) is 0 Å². The van der Waals surface area contributed by atoms with E-state index in [1.54, 1.807) is 7.11 Å². The predicted octanol–water partition coefficient (Wildman–Crippen LogP) is 3.35. The van der Waals surface area contributed by atoms with E-state index in [0.29, 0.717) is 5.88 Å². The molecule has 1 unspecified atom stereocenters. The van der Waals surface area contributed by atoms with Gasteiger partial charge in [0, 0.05) is 25.0 Å². The molecule has 4 nitrogen and oxygen atoms in total. The first-order valence-corrected chi connectivity index (χ1v) is 7.91. The molecule has 0 spiro atoms. The van der Waals surface area contributed by atoms with Crippen LogP contribution in [-0.2, 0) is 16.7 Å². The Morgan fingerprint density at radius 2 is 2.33 bits per heavy atom. The van der Waals surface area contributed by atoms with Crippen LogP contribution in [0.4, 0.5) is 0 Å². The molecule has 1 fully saturated rings. The molecule has 1 aliphatic rings. The van der Waals surface area contributed by atoms with Crippen LogP contribution in [0.15, 0.2) is 18.2 Å². The van der Waals surface area contributed by atoms with Crippen molar-refractivity contribution in [3.63, 3.8) is 0 Å². The summed E-state index contributed by atoms with van der Waals surface area (Å²) < 4.78 is 13.4. The van der Waals surface area contributed by atoms with Gasteiger partial charge in [0.15, 0.2) is 0 Å². The van der Waals surface area contributed by atoms with Gasteiger partial charge in [-0.1, -0.05) is 0 Å². The minimum absolute atomic E-state index is 0.0526. The lowest BCUT2D eigenvalue weighted by Gasteiger charge is -2.36. The third-order valence-corrected chi connectivity index (χ3v) is 4.40. The van der Waals surface area contributed by atoms with Gasteiger partial charge in [0.1, 0.15) is 11.6 Å². The highest BCUT2D eigenvalue weighted by atomic mass is 35.5. The number of hydrogen-bond donors (Lipinski definition) is 0. The van der Waals surface area contributed by atoms with Crippen LogP contribution in [0.2, 0.25) is 0 Å². The minimum atomic E-state index is -0.0526. The molecule has 0 aliphatic carbocycles. The fourth-order valence-corrected chi connectivity index (χ4v) is 3.36. The van der Waals surface area contributed by atoms with Crippen LogP contribution >= 0.6 is 11.6 Å². The van der Waals surface area contributed by atoms with Crippen LogP contribution in [0, 0.1) is 0 Å². The molecule has 0 amide bonds. The van der Waals surface area contributed by atoms with Crippen molar-refractivity contribution in [2.75, 3.05) is 26.2 Å². The van der Waals surface area contributed by atoms with E-state index in [2.05, 4.69) is 17.6 Å². The van der Waals surface area contributed by atoms with Crippen molar-refractivity contribution < 1.29 is 9.47 Å². The van der Waals surface area contributed by atoms with Crippen molar-refractivity contribution in [2.45, 2.75) is 31.7 Å². The number of benzene rings is 1. The topological polar surface area (TPSA) is 36.3 Å². The molecule has 0 saturated carbocycles. The maximum Gasteiger partial charge on any atom is 0.121 e. The molecule has 2 heterocycles. The van der Waals surface area contributed by atoms with Gasteiger partial charge in [0.2, 0.25) is 0 Å². The fraction of sp³-hybridized carbons (Fsp3) is 0.562.